The maximum absolute atomic E-state index is 12.7. The number of rotatable bonds is 6. The van der Waals surface area contributed by atoms with Crippen LogP contribution in [0.2, 0.25) is 5.02 Å². The number of aromatic nitrogens is 2. The number of thioether (sulfide) groups is 2. The van der Waals surface area contributed by atoms with Crippen molar-refractivity contribution in [3.8, 4) is 0 Å². The van der Waals surface area contributed by atoms with E-state index in [-0.39, 0.29) is 5.56 Å². The van der Waals surface area contributed by atoms with Gasteiger partial charge in [-0.2, -0.15) is 0 Å². The molecule has 0 saturated carbocycles. The molecule has 1 aliphatic rings. The van der Waals surface area contributed by atoms with Crippen LogP contribution in [0.15, 0.2) is 39.1 Å². The summed E-state index contributed by atoms with van der Waals surface area (Å²) in [6.07, 6.45) is 0.870. The molecule has 1 aliphatic heterocycles. The standard InChI is InChI=1S/C16H17ClN2O2S2/c1-21-8-7-19-15(20)14-13(6-9-22-14)18-16(19)23-10-11-2-4-12(17)5-3-11/h2-5H,6-10H2,1H3. The number of fused-ring (bicyclic) bond motifs is 1. The van der Waals surface area contributed by atoms with Crippen LogP contribution in [0.25, 0.3) is 0 Å². The molecule has 0 spiro atoms. The van der Waals surface area contributed by atoms with Crippen molar-refractivity contribution in [3.05, 3.63) is 50.9 Å². The zero-order chi connectivity index (χ0) is 16.2. The molecular weight excluding hydrogens is 352 g/mol. The molecule has 0 bridgehead atoms. The van der Waals surface area contributed by atoms with Crippen molar-refractivity contribution in [3.63, 3.8) is 0 Å². The summed E-state index contributed by atoms with van der Waals surface area (Å²) in [4.78, 5) is 18.2. The Labute approximate surface area is 148 Å². The third-order valence-electron chi connectivity index (χ3n) is 3.55. The first-order valence-corrected chi connectivity index (χ1v) is 9.66. The molecule has 0 saturated heterocycles. The summed E-state index contributed by atoms with van der Waals surface area (Å²) in [7, 11) is 1.64. The molecule has 0 radical (unpaired) electrons. The summed E-state index contributed by atoms with van der Waals surface area (Å²) in [5, 5.41) is 1.49. The average molecular weight is 369 g/mol. The minimum absolute atomic E-state index is 0.0631. The molecule has 0 amide bonds. The molecule has 1 aromatic carbocycles. The number of hydrogen-bond acceptors (Lipinski definition) is 5. The SMILES string of the molecule is COCCn1c(SCc2ccc(Cl)cc2)nc2c(c1=O)SCC2. The maximum Gasteiger partial charge on any atom is 0.268 e. The molecule has 0 atom stereocenters. The van der Waals surface area contributed by atoms with Crippen molar-refractivity contribution in [2.45, 2.75) is 28.8 Å². The van der Waals surface area contributed by atoms with Crippen molar-refractivity contribution < 1.29 is 4.74 Å². The molecule has 0 unspecified atom stereocenters. The first-order chi connectivity index (χ1) is 11.2. The van der Waals surface area contributed by atoms with Crippen LogP contribution in [-0.2, 0) is 23.5 Å². The number of aryl methyl sites for hydroxylation is 1. The topological polar surface area (TPSA) is 44.1 Å². The van der Waals surface area contributed by atoms with Gasteiger partial charge in [-0.05, 0) is 17.7 Å². The van der Waals surface area contributed by atoms with E-state index in [9.17, 15) is 4.79 Å². The van der Waals surface area contributed by atoms with E-state index < -0.39 is 0 Å². The molecule has 0 N–H and O–H groups in total. The first kappa shape index (κ1) is 16.9. The molecule has 23 heavy (non-hydrogen) atoms. The van der Waals surface area contributed by atoms with Gasteiger partial charge in [0.15, 0.2) is 5.16 Å². The van der Waals surface area contributed by atoms with Gasteiger partial charge in [-0.25, -0.2) is 4.98 Å². The van der Waals surface area contributed by atoms with E-state index >= 15 is 0 Å². The second-order valence-corrected chi connectivity index (χ2v) is 7.62. The molecule has 2 heterocycles. The third-order valence-corrected chi connectivity index (χ3v) is 5.96. The average Bonchev–Trinajstić information content (AvgIpc) is 3.02. The fourth-order valence-electron chi connectivity index (χ4n) is 2.34. The minimum atomic E-state index is 0.0631. The normalized spacial score (nSPS) is 13.3. The number of ether oxygens (including phenoxy) is 1. The zero-order valence-corrected chi connectivity index (χ0v) is 15.1. The summed E-state index contributed by atoms with van der Waals surface area (Å²) in [5.74, 6) is 1.69. The van der Waals surface area contributed by atoms with Gasteiger partial charge < -0.3 is 4.74 Å². The lowest BCUT2D eigenvalue weighted by Gasteiger charge is -2.13. The fourth-order valence-corrected chi connectivity index (χ4v) is 4.51. The van der Waals surface area contributed by atoms with Crippen LogP contribution >= 0.6 is 35.1 Å². The Hall–Kier alpha value is -0.950. The largest absolute Gasteiger partial charge is 0.383 e. The van der Waals surface area contributed by atoms with Crippen LogP contribution in [0.4, 0.5) is 0 Å². The van der Waals surface area contributed by atoms with Crippen molar-refractivity contribution >= 4 is 35.1 Å². The molecule has 4 nitrogen and oxygen atoms in total. The highest BCUT2D eigenvalue weighted by Crippen LogP contribution is 2.29. The van der Waals surface area contributed by atoms with Crippen LogP contribution in [-0.4, -0.2) is 29.0 Å². The fraction of sp³-hybridized carbons (Fsp3) is 0.375. The molecule has 3 rings (SSSR count). The van der Waals surface area contributed by atoms with Crippen molar-refractivity contribution in [2.75, 3.05) is 19.5 Å². The number of hydrogen-bond donors (Lipinski definition) is 0. The van der Waals surface area contributed by atoms with Crippen LogP contribution in [0, 0.1) is 0 Å². The monoisotopic (exact) mass is 368 g/mol. The van der Waals surface area contributed by atoms with E-state index in [0.29, 0.717) is 13.2 Å². The number of benzene rings is 1. The Balaban J connectivity index is 1.86. The number of halogens is 1. The molecular formula is C16H17ClN2O2S2. The van der Waals surface area contributed by atoms with Crippen molar-refractivity contribution in [1.82, 2.24) is 9.55 Å². The summed E-state index contributed by atoms with van der Waals surface area (Å²) in [6, 6.07) is 7.75. The summed E-state index contributed by atoms with van der Waals surface area (Å²) < 4.78 is 6.87. The summed E-state index contributed by atoms with van der Waals surface area (Å²) in [6.45, 7) is 1.03. The van der Waals surface area contributed by atoms with E-state index in [1.54, 1.807) is 35.2 Å². The van der Waals surface area contributed by atoms with Gasteiger partial charge in [-0.1, -0.05) is 35.5 Å². The predicted octanol–water partition coefficient (Wildman–Crippen LogP) is 3.48. The highest BCUT2D eigenvalue weighted by Gasteiger charge is 2.21. The van der Waals surface area contributed by atoms with Gasteiger partial charge in [-0.3, -0.25) is 9.36 Å². The summed E-state index contributed by atoms with van der Waals surface area (Å²) >= 11 is 9.10. The summed E-state index contributed by atoms with van der Waals surface area (Å²) in [5.41, 5.74) is 2.15. The minimum Gasteiger partial charge on any atom is -0.383 e. The lowest BCUT2D eigenvalue weighted by molar-refractivity contribution is 0.182. The Morgan fingerprint density at radius 1 is 1.39 bits per heavy atom. The Morgan fingerprint density at radius 2 is 2.17 bits per heavy atom. The second-order valence-electron chi connectivity index (χ2n) is 5.13. The van der Waals surface area contributed by atoms with E-state index in [0.717, 1.165) is 44.3 Å². The van der Waals surface area contributed by atoms with Crippen LogP contribution < -0.4 is 5.56 Å². The lowest BCUT2D eigenvalue weighted by Crippen LogP contribution is -2.27. The van der Waals surface area contributed by atoms with E-state index in [1.807, 2.05) is 24.3 Å². The number of nitrogens with zero attached hydrogens (tertiary/aromatic N) is 2. The molecule has 0 aliphatic carbocycles. The molecule has 7 heteroatoms. The van der Waals surface area contributed by atoms with E-state index in [4.69, 9.17) is 21.3 Å². The molecule has 0 fully saturated rings. The molecule has 2 aromatic rings. The molecule has 122 valence electrons. The Bertz CT molecular complexity index is 747. The highest BCUT2D eigenvalue weighted by atomic mass is 35.5. The second kappa shape index (κ2) is 7.75. The van der Waals surface area contributed by atoms with Gasteiger partial charge in [0.25, 0.3) is 5.56 Å². The van der Waals surface area contributed by atoms with Crippen LogP contribution in [0.1, 0.15) is 11.3 Å². The predicted molar refractivity (Wildman–Crippen MR) is 95.8 cm³/mol. The Kier molecular flexibility index (Phi) is 5.69. The van der Waals surface area contributed by atoms with Crippen molar-refractivity contribution in [1.29, 1.82) is 0 Å². The van der Waals surface area contributed by atoms with Crippen LogP contribution in [0.5, 0.6) is 0 Å². The van der Waals surface area contributed by atoms with Gasteiger partial charge in [0.05, 0.1) is 23.7 Å². The van der Waals surface area contributed by atoms with E-state index in [2.05, 4.69) is 0 Å². The van der Waals surface area contributed by atoms with Crippen molar-refractivity contribution in [2.24, 2.45) is 0 Å². The van der Waals surface area contributed by atoms with Gasteiger partial charge in [0.1, 0.15) is 0 Å². The first-order valence-electron chi connectivity index (χ1n) is 7.31. The zero-order valence-electron chi connectivity index (χ0n) is 12.8. The van der Waals surface area contributed by atoms with Crippen LogP contribution in [0.3, 0.4) is 0 Å². The van der Waals surface area contributed by atoms with Gasteiger partial charge in [0.2, 0.25) is 0 Å². The molecule has 1 aromatic heterocycles. The quantitative estimate of drug-likeness (QED) is 0.577. The highest BCUT2D eigenvalue weighted by molar-refractivity contribution is 7.99. The lowest BCUT2D eigenvalue weighted by atomic mass is 10.2. The van der Waals surface area contributed by atoms with E-state index in [1.165, 1.54) is 0 Å². The smallest absolute Gasteiger partial charge is 0.268 e. The Morgan fingerprint density at radius 3 is 2.91 bits per heavy atom. The number of methoxy groups -OCH3 is 1. The van der Waals surface area contributed by atoms with Gasteiger partial charge in [-0.15, -0.1) is 11.8 Å². The van der Waals surface area contributed by atoms with Gasteiger partial charge in [0, 0.05) is 30.1 Å². The third kappa shape index (κ3) is 3.94. The van der Waals surface area contributed by atoms with Gasteiger partial charge >= 0.3 is 0 Å². The maximum atomic E-state index is 12.7.